The molecule has 2 heterocycles. The fraction of sp³-hybridized carbons (Fsp3) is 0.379. The molecule has 3 atom stereocenters. The number of halogens is 1. The van der Waals surface area contributed by atoms with Crippen LogP contribution in [0.5, 0.6) is 0 Å². The summed E-state index contributed by atoms with van der Waals surface area (Å²) < 4.78 is 43.0. The third-order valence-electron chi connectivity index (χ3n) is 7.92. The van der Waals surface area contributed by atoms with Gasteiger partial charge < -0.3 is 5.11 Å². The van der Waals surface area contributed by atoms with Crippen molar-refractivity contribution >= 4 is 10.0 Å². The van der Waals surface area contributed by atoms with Crippen molar-refractivity contribution in [3.05, 3.63) is 89.2 Å². The summed E-state index contributed by atoms with van der Waals surface area (Å²) >= 11 is 0. The molecular formula is C29H33FN2O3S. The maximum atomic E-state index is 14.1. The molecular weight excluding hydrogens is 475 g/mol. The molecule has 190 valence electrons. The largest absolute Gasteiger partial charge is 0.395 e. The topological polar surface area (TPSA) is 60.9 Å². The Hall–Kier alpha value is -2.58. The van der Waals surface area contributed by atoms with Crippen LogP contribution in [-0.4, -0.2) is 61.1 Å². The molecule has 3 aromatic carbocycles. The predicted molar refractivity (Wildman–Crippen MR) is 140 cm³/mol. The number of benzene rings is 3. The van der Waals surface area contributed by atoms with Gasteiger partial charge >= 0.3 is 0 Å². The van der Waals surface area contributed by atoms with Gasteiger partial charge in [0.15, 0.2) is 0 Å². The molecule has 0 aromatic heterocycles. The fourth-order valence-corrected chi connectivity index (χ4v) is 7.64. The molecule has 2 saturated heterocycles. The van der Waals surface area contributed by atoms with Crippen LogP contribution in [0.2, 0.25) is 0 Å². The van der Waals surface area contributed by atoms with E-state index in [2.05, 4.69) is 4.90 Å². The average Bonchev–Trinajstić information content (AvgIpc) is 2.85. The molecule has 2 aliphatic rings. The summed E-state index contributed by atoms with van der Waals surface area (Å²) in [5, 5.41) is 10.2. The lowest BCUT2D eigenvalue weighted by atomic mass is 9.74. The first-order valence-corrected chi connectivity index (χ1v) is 14.0. The summed E-state index contributed by atoms with van der Waals surface area (Å²) in [7, 11) is -3.63. The summed E-state index contributed by atoms with van der Waals surface area (Å²) in [6.45, 7) is 5.38. The lowest BCUT2D eigenvalue weighted by Gasteiger charge is -2.57. The number of rotatable bonds is 5. The number of aliphatic hydroxyl groups excluding tert-OH is 1. The number of sulfonamides is 1. The molecule has 0 radical (unpaired) electrons. The van der Waals surface area contributed by atoms with Gasteiger partial charge in [0.05, 0.1) is 11.5 Å². The Morgan fingerprint density at radius 3 is 2.39 bits per heavy atom. The van der Waals surface area contributed by atoms with Gasteiger partial charge in [0.1, 0.15) is 5.82 Å². The van der Waals surface area contributed by atoms with Gasteiger partial charge in [0, 0.05) is 31.1 Å². The quantitative estimate of drug-likeness (QED) is 0.542. The van der Waals surface area contributed by atoms with Gasteiger partial charge in [0.25, 0.3) is 0 Å². The van der Waals surface area contributed by atoms with Gasteiger partial charge in [0.2, 0.25) is 10.0 Å². The lowest BCUT2D eigenvalue weighted by Crippen LogP contribution is -2.67. The monoisotopic (exact) mass is 508 g/mol. The Kier molecular flexibility index (Phi) is 7.01. The zero-order valence-electron chi connectivity index (χ0n) is 20.8. The summed E-state index contributed by atoms with van der Waals surface area (Å²) in [6.07, 6.45) is 1.68. The molecule has 1 unspecified atom stereocenters. The van der Waals surface area contributed by atoms with Crippen LogP contribution in [0.3, 0.4) is 0 Å². The van der Waals surface area contributed by atoms with Crippen LogP contribution >= 0.6 is 0 Å². The van der Waals surface area contributed by atoms with Gasteiger partial charge in [-0.05, 0) is 73.2 Å². The van der Waals surface area contributed by atoms with Gasteiger partial charge in [-0.15, -0.1) is 0 Å². The minimum Gasteiger partial charge on any atom is -0.395 e. The van der Waals surface area contributed by atoms with E-state index in [1.54, 1.807) is 29.4 Å². The van der Waals surface area contributed by atoms with E-state index in [9.17, 15) is 17.9 Å². The number of aryl methyl sites for hydroxylation is 1. The van der Waals surface area contributed by atoms with Crippen molar-refractivity contribution in [2.45, 2.75) is 49.6 Å². The molecule has 0 spiro atoms. The molecule has 1 N–H and O–H groups in total. The van der Waals surface area contributed by atoms with Crippen molar-refractivity contribution in [2.75, 3.05) is 26.2 Å². The molecule has 5 rings (SSSR count). The van der Waals surface area contributed by atoms with Crippen molar-refractivity contribution in [2.24, 2.45) is 0 Å². The zero-order valence-corrected chi connectivity index (χ0v) is 21.6. The number of nitrogens with zero attached hydrogens (tertiary/aromatic N) is 2. The minimum atomic E-state index is -3.63. The van der Waals surface area contributed by atoms with E-state index in [0.717, 1.165) is 41.6 Å². The standard InChI is InChI=1S/C29H33FN2O3S/c1-20-8-3-4-11-28(20)36(34,35)31-16-5-6-17-32-26(18-31)29(27(32)19-33)23-14-12-22(13-15-23)24-9-7-10-25(30)21(24)2/h3-4,7-15,26-27,29,33H,5-6,16-19H2,1-2H3/t26?,27-,29+/m1/s1. The third-order valence-corrected chi connectivity index (χ3v) is 9.94. The minimum absolute atomic E-state index is 0.0111. The highest BCUT2D eigenvalue weighted by Gasteiger charge is 2.50. The van der Waals surface area contributed by atoms with Crippen LogP contribution < -0.4 is 0 Å². The highest BCUT2D eigenvalue weighted by Crippen LogP contribution is 2.43. The van der Waals surface area contributed by atoms with Crippen molar-refractivity contribution in [1.29, 1.82) is 0 Å². The molecule has 0 amide bonds. The maximum absolute atomic E-state index is 14.1. The Morgan fingerprint density at radius 2 is 1.67 bits per heavy atom. The molecule has 0 saturated carbocycles. The molecule has 0 aliphatic carbocycles. The van der Waals surface area contributed by atoms with Gasteiger partial charge in [-0.1, -0.05) is 54.6 Å². The second-order valence-electron chi connectivity index (χ2n) is 9.95. The summed E-state index contributed by atoms with van der Waals surface area (Å²) in [5.74, 6) is -0.207. The molecule has 2 fully saturated rings. The van der Waals surface area contributed by atoms with E-state index in [1.807, 2.05) is 49.4 Å². The summed E-state index contributed by atoms with van der Waals surface area (Å²) in [4.78, 5) is 2.64. The first-order valence-electron chi connectivity index (χ1n) is 12.6. The number of fused-ring (bicyclic) bond motifs is 1. The molecule has 0 bridgehead atoms. The van der Waals surface area contributed by atoms with Crippen molar-refractivity contribution in [1.82, 2.24) is 9.21 Å². The molecule has 7 heteroatoms. The van der Waals surface area contributed by atoms with Crippen LogP contribution in [0, 0.1) is 19.7 Å². The smallest absolute Gasteiger partial charge is 0.243 e. The van der Waals surface area contributed by atoms with Crippen LogP contribution in [-0.2, 0) is 10.0 Å². The van der Waals surface area contributed by atoms with Gasteiger partial charge in [-0.2, -0.15) is 4.31 Å². The number of aliphatic hydroxyl groups is 1. The van der Waals surface area contributed by atoms with Crippen molar-refractivity contribution in [3.8, 4) is 11.1 Å². The van der Waals surface area contributed by atoms with E-state index in [4.69, 9.17) is 0 Å². The van der Waals surface area contributed by atoms with Crippen LogP contribution in [0.25, 0.3) is 11.1 Å². The van der Waals surface area contributed by atoms with E-state index < -0.39 is 10.0 Å². The number of hydrogen-bond acceptors (Lipinski definition) is 4. The predicted octanol–water partition coefficient (Wildman–Crippen LogP) is 4.72. The fourth-order valence-electron chi connectivity index (χ4n) is 5.92. The average molecular weight is 509 g/mol. The van der Waals surface area contributed by atoms with E-state index in [1.165, 1.54) is 6.07 Å². The Bertz CT molecular complexity index is 1340. The van der Waals surface area contributed by atoms with Gasteiger partial charge in [-0.25, -0.2) is 12.8 Å². The SMILES string of the molecule is Cc1ccccc1S(=O)(=O)N1CCCCN2C(C1)[C@H](c1ccc(-c3cccc(F)c3C)cc1)[C@H]2CO. The van der Waals surface area contributed by atoms with Crippen LogP contribution in [0.4, 0.5) is 4.39 Å². The normalized spacial score (nSPS) is 23.4. The van der Waals surface area contributed by atoms with E-state index in [-0.39, 0.29) is 30.4 Å². The Labute approximate surface area is 213 Å². The van der Waals surface area contributed by atoms with Crippen molar-refractivity contribution < 1.29 is 17.9 Å². The zero-order chi connectivity index (χ0) is 25.4. The summed E-state index contributed by atoms with van der Waals surface area (Å²) in [5.41, 5.74) is 4.23. The third kappa shape index (κ3) is 4.39. The lowest BCUT2D eigenvalue weighted by molar-refractivity contribution is -0.0553. The highest BCUT2D eigenvalue weighted by atomic mass is 32.2. The van der Waals surface area contributed by atoms with E-state index in [0.29, 0.717) is 23.5 Å². The van der Waals surface area contributed by atoms with Crippen LogP contribution in [0.1, 0.15) is 35.4 Å². The molecule has 5 nitrogen and oxygen atoms in total. The molecule has 3 aromatic rings. The van der Waals surface area contributed by atoms with Crippen LogP contribution in [0.15, 0.2) is 71.6 Å². The molecule has 2 aliphatic heterocycles. The second kappa shape index (κ2) is 10.1. The maximum Gasteiger partial charge on any atom is 0.243 e. The Balaban J connectivity index is 1.44. The van der Waals surface area contributed by atoms with Gasteiger partial charge in [-0.3, -0.25) is 4.90 Å². The molecule has 36 heavy (non-hydrogen) atoms. The summed E-state index contributed by atoms with van der Waals surface area (Å²) in [6, 6.07) is 20.3. The highest BCUT2D eigenvalue weighted by molar-refractivity contribution is 7.89. The first kappa shape index (κ1) is 25.1. The Morgan fingerprint density at radius 1 is 0.944 bits per heavy atom. The van der Waals surface area contributed by atoms with E-state index >= 15 is 0 Å². The van der Waals surface area contributed by atoms with Crippen molar-refractivity contribution in [3.63, 3.8) is 0 Å². The first-order chi connectivity index (χ1) is 17.3. The number of hydrogen-bond donors (Lipinski definition) is 1. The second-order valence-corrected chi connectivity index (χ2v) is 11.9.